The second kappa shape index (κ2) is 5.11. The predicted octanol–water partition coefficient (Wildman–Crippen LogP) is 1.20. The van der Waals surface area contributed by atoms with Crippen molar-refractivity contribution in [1.29, 1.82) is 0 Å². The molecule has 2 atom stereocenters. The lowest BCUT2D eigenvalue weighted by Crippen LogP contribution is -2.25. The summed E-state index contributed by atoms with van der Waals surface area (Å²) >= 11 is 0. The van der Waals surface area contributed by atoms with Crippen LogP contribution in [0.4, 0.5) is 13.2 Å². The fourth-order valence-corrected chi connectivity index (χ4v) is 1.80. The van der Waals surface area contributed by atoms with Gasteiger partial charge in [-0.2, -0.15) is 13.2 Å². The summed E-state index contributed by atoms with van der Waals surface area (Å²) in [5, 5.41) is 11.9. The van der Waals surface area contributed by atoms with Crippen molar-refractivity contribution in [3.05, 3.63) is 23.9 Å². The molecule has 2 unspecified atom stereocenters. The van der Waals surface area contributed by atoms with Gasteiger partial charge in [-0.15, -0.1) is 0 Å². The van der Waals surface area contributed by atoms with Crippen LogP contribution < -0.4 is 10.1 Å². The smallest absolute Gasteiger partial charge is 0.417 e. The van der Waals surface area contributed by atoms with Crippen molar-refractivity contribution in [1.82, 2.24) is 10.3 Å². The molecule has 0 aromatic carbocycles. The van der Waals surface area contributed by atoms with Gasteiger partial charge in [-0.05, 0) is 6.07 Å². The molecule has 18 heavy (non-hydrogen) atoms. The quantitative estimate of drug-likeness (QED) is 0.859. The van der Waals surface area contributed by atoms with Crippen LogP contribution in [0, 0.1) is 0 Å². The molecule has 2 heterocycles. The van der Waals surface area contributed by atoms with Crippen LogP contribution in [0.25, 0.3) is 0 Å². The van der Waals surface area contributed by atoms with Gasteiger partial charge < -0.3 is 15.2 Å². The van der Waals surface area contributed by atoms with Crippen molar-refractivity contribution >= 4 is 0 Å². The molecule has 1 saturated heterocycles. The summed E-state index contributed by atoms with van der Waals surface area (Å²) in [7, 11) is 0. The average Bonchev–Trinajstić information content (AvgIpc) is 2.76. The average molecular weight is 262 g/mol. The molecule has 0 bridgehead atoms. The van der Waals surface area contributed by atoms with Crippen LogP contribution in [-0.2, 0) is 6.18 Å². The van der Waals surface area contributed by atoms with Gasteiger partial charge in [0.25, 0.3) is 0 Å². The molecule has 1 aliphatic heterocycles. The minimum Gasteiger partial charge on any atom is -0.473 e. The van der Waals surface area contributed by atoms with E-state index in [9.17, 15) is 13.2 Å². The number of alkyl halides is 3. The number of aromatic nitrogens is 1. The molecule has 2 N–H and O–H groups in total. The fourth-order valence-electron chi connectivity index (χ4n) is 1.80. The van der Waals surface area contributed by atoms with Crippen LogP contribution in [0.3, 0.4) is 0 Å². The van der Waals surface area contributed by atoms with Crippen LogP contribution in [-0.4, -0.2) is 35.4 Å². The first-order valence-electron chi connectivity index (χ1n) is 5.53. The largest absolute Gasteiger partial charge is 0.473 e. The first-order valence-corrected chi connectivity index (χ1v) is 5.53. The lowest BCUT2D eigenvalue weighted by molar-refractivity contribution is -0.137. The third-order valence-electron chi connectivity index (χ3n) is 2.75. The molecule has 100 valence electrons. The topological polar surface area (TPSA) is 54.4 Å². The number of hydrogen-bond donors (Lipinski definition) is 2. The zero-order valence-electron chi connectivity index (χ0n) is 9.44. The number of ether oxygens (including phenoxy) is 1. The van der Waals surface area contributed by atoms with Crippen molar-refractivity contribution in [3.63, 3.8) is 0 Å². The molecular formula is C11H13F3N2O2. The van der Waals surface area contributed by atoms with E-state index in [1.807, 2.05) is 0 Å². The van der Waals surface area contributed by atoms with Crippen LogP contribution in [0.15, 0.2) is 18.3 Å². The normalized spacial score (nSPS) is 24.2. The highest BCUT2D eigenvalue weighted by Gasteiger charge is 2.31. The van der Waals surface area contributed by atoms with Gasteiger partial charge in [0, 0.05) is 31.3 Å². The molecule has 4 nitrogen and oxygen atoms in total. The lowest BCUT2D eigenvalue weighted by atomic mass is 10.2. The molecule has 0 spiro atoms. The summed E-state index contributed by atoms with van der Waals surface area (Å²) < 4.78 is 42.3. The maximum Gasteiger partial charge on any atom is 0.417 e. The highest BCUT2D eigenvalue weighted by Crippen LogP contribution is 2.29. The number of aliphatic hydroxyl groups excluding tert-OH is 1. The van der Waals surface area contributed by atoms with Gasteiger partial charge in [0.15, 0.2) is 0 Å². The van der Waals surface area contributed by atoms with Gasteiger partial charge in [0.05, 0.1) is 12.2 Å². The van der Waals surface area contributed by atoms with E-state index in [1.165, 1.54) is 6.07 Å². The number of nitrogens with zero attached hydrogens (tertiary/aromatic N) is 1. The van der Waals surface area contributed by atoms with E-state index < -0.39 is 11.7 Å². The van der Waals surface area contributed by atoms with Crippen LogP contribution >= 0.6 is 0 Å². The summed E-state index contributed by atoms with van der Waals surface area (Å²) in [6, 6.07) is 2.12. The Kier molecular flexibility index (Phi) is 3.72. The second-order valence-electron chi connectivity index (χ2n) is 4.15. The van der Waals surface area contributed by atoms with Crippen LogP contribution in [0.1, 0.15) is 12.0 Å². The summed E-state index contributed by atoms with van der Waals surface area (Å²) in [6.07, 6.45) is -3.20. The Balaban J connectivity index is 1.95. The number of halogens is 3. The number of aliphatic hydroxyl groups is 1. The molecule has 1 aromatic rings. The van der Waals surface area contributed by atoms with Crippen molar-refractivity contribution in [2.75, 3.05) is 13.2 Å². The van der Waals surface area contributed by atoms with E-state index in [2.05, 4.69) is 10.3 Å². The number of rotatable bonds is 3. The van der Waals surface area contributed by atoms with E-state index in [0.29, 0.717) is 13.0 Å². The Labute approximate surface area is 102 Å². The molecule has 1 aromatic heterocycles. The first-order chi connectivity index (χ1) is 8.49. The standard InChI is InChI=1S/C11H13F3N2O2/c12-11(13,14)7-1-2-10(16-4-7)18-9-3-8(6-17)15-5-9/h1-2,4,8-9,15,17H,3,5-6H2. The molecule has 1 fully saturated rings. The molecule has 7 heteroatoms. The molecule has 0 saturated carbocycles. The minimum atomic E-state index is -4.39. The Morgan fingerprint density at radius 1 is 1.44 bits per heavy atom. The molecule has 2 rings (SSSR count). The van der Waals surface area contributed by atoms with E-state index in [1.54, 1.807) is 0 Å². The predicted molar refractivity (Wildman–Crippen MR) is 57.1 cm³/mol. The number of nitrogens with one attached hydrogen (secondary N) is 1. The highest BCUT2D eigenvalue weighted by molar-refractivity contribution is 5.20. The molecule has 0 aliphatic carbocycles. The van der Waals surface area contributed by atoms with Gasteiger partial charge in [-0.1, -0.05) is 0 Å². The van der Waals surface area contributed by atoms with Gasteiger partial charge in [0.1, 0.15) is 6.10 Å². The van der Waals surface area contributed by atoms with E-state index in [-0.39, 0.29) is 24.6 Å². The van der Waals surface area contributed by atoms with Gasteiger partial charge in [-0.25, -0.2) is 4.98 Å². The first kappa shape index (κ1) is 13.1. The Morgan fingerprint density at radius 2 is 2.22 bits per heavy atom. The molecule has 1 aliphatic rings. The third-order valence-corrected chi connectivity index (χ3v) is 2.75. The highest BCUT2D eigenvalue weighted by atomic mass is 19.4. The summed E-state index contributed by atoms with van der Waals surface area (Å²) in [5.74, 6) is 0.161. The second-order valence-corrected chi connectivity index (χ2v) is 4.15. The summed E-state index contributed by atoms with van der Waals surface area (Å²) in [5.41, 5.74) is -0.798. The van der Waals surface area contributed by atoms with Crippen molar-refractivity contribution in [2.24, 2.45) is 0 Å². The van der Waals surface area contributed by atoms with Crippen molar-refractivity contribution in [3.8, 4) is 5.88 Å². The van der Waals surface area contributed by atoms with Crippen LogP contribution in [0.2, 0.25) is 0 Å². The van der Waals surface area contributed by atoms with E-state index >= 15 is 0 Å². The monoisotopic (exact) mass is 262 g/mol. The van der Waals surface area contributed by atoms with E-state index in [4.69, 9.17) is 9.84 Å². The van der Waals surface area contributed by atoms with Gasteiger partial charge >= 0.3 is 6.18 Å². The van der Waals surface area contributed by atoms with Gasteiger partial charge in [0.2, 0.25) is 5.88 Å². The summed E-state index contributed by atoms with van der Waals surface area (Å²) in [4.78, 5) is 3.63. The Morgan fingerprint density at radius 3 is 2.72 bits per heavy atom. The van der Waals surface area contributed by atoms with Crippen molar-refractivity contribution in [2.45, 2.75) is 24.7 Å². The third kappa shape index (κ3) is 3.11. The summed E-state index contributed by atoms with van der Waals surface area (Å²) in [6.45, 7) is 0.564. The maximum atomic E-state index is 12.3. The minimum absolute atomic E-state index is 0.0142. The van der Waals surface area contributed by atoms with E-state index in [0.717, 1.165) is 12.3 Å². The number of hydrogen-bond acceptors (Lipinski definition) is 4. The molecule has 0 radical (unpaired) electrons. The van der Waals surface area contributed by atoms with Crippen molar-refractivity contribution < 1.29 is 23.0 Å². The Bertz CT molecular complexity index is 394. The fraction of sp³-hybridized carbons (Fsp3) is 0.545. The zero-order valence-corrected chi connectivity index (χ0v) is 9.44. The SMILES string of the molecule is OCC1CC(Oc2ccc(C(F)(F)F)cn2)CN1. The molecule has 0 amide bonds. The maximum absolute atomic E-state index is 12.3. The lowest BCUT2D eigenvalue weighted by Gasteiger charge is -2.12. The number of pyridine rings is 1. The van der Waals surface area contributed by atoms with Gasteiger partial charge in [-0.3, -0.25) is 0 Å². The molecular weight excluding hydrogens is 249 g/mol. The Hall–Kier alpha value is -1.34. The zero-order chi connectivity index (χ0) is 13.2. The van der Waals surface area contributed by atoms with Crippen LogP contribution in [0.5, 0.6) is 5.88 Å².